The molecule has 3 fully saturated rings. The number of aromatic hydroxyl groups is 1. The zero-order valence-corrected chi connectivity index (χ0v) is 46.8. The SMILES string of the molecule is CC1(C)CC[C@]2(C(=O)NCCCOCCOCCOCCCNC(=S)Nc3ccc(-c4c5ccc(=O)cc-5oc5cc(O)ccc45)c(C(=O)O)c3)CC[C@]3(C)[C@H](C(=O)C=C4[C@@]5(C)C=C(C#N)C(=O)C(C)(C)[C@@H]5CC[C@]43C)[C@@H]2C1. The molecule has 5 N–H and O–H groups in total. The van der Waals surface area contributed by atoms with E-state index in [4.69, 9.17) is 30.8 Å². The predicted octanol–water partition coefficient (Wildman–Crippen LogP) is 10.4. The van der Waals surface area contributed by atoms with Crippen LogP contribution in [0.25, 0.3) is 33.4 Å². The zero-order chi connectivity index (χ0) is 56.0. The number of amides is 1. The Kier molecular flexibility index (Phi) is 15.8. The van der Waals surface area contributed by atoms with Gasteiger partial charge in [-0.05, 0) is 146 Å². The van der Waals surface area contributed by atoms with Crippen molar-refractivity contribution in [1.82, 2.24) is 10.6 Å². The van der Waals surface area contributed by atoms with Crippen molar-refractivity contribution in [2.24, 2.45) is 50.2 Å². The van der Waals surface area contributed by atoms with Gasteiger partial charge in [0.1, 0.15) is 23.2 Å². The number of ether oxygens (including phenoxy) is 3. The van der Waals surface area contributed by atoms with Crippen molar-refractivity contribution in [1.29, 1.82) is 5.26 Å². The average molecular weight is 1080 g/mol. The molecule has 0 saturated heterocycles. The number of carbonyl (C=O) groups excluding carboxylic acids is 3. The lowest BCUT2D eigenvalue weighted by Gasteiger charge is -2.69. The smallest absolute Gasteiger partial charge is 0.336 e. The summed E-state index contributed by atoms with van der Waals surface area (Å²) in [6.07, 6.45) is 10.7. The number of thiocarbonyl (C=S) groups is 1. The van der Waals surface area contributed by atoms with E-state index in [0.717, 1.165) is 44.1 Å². The molecule has 16 heteroatoms. The Morgan fingerprint density at radius 3 is 2.17 bits per heavy atom. The van der Waals surface area contributed by atoms with Gasteiger partial charge in [-0.1, -0.05) is 66.2 Å². The zero-order valence-electron chi connectivity index (χ0n) is 46.0. The molecule has 7 aliphatic rings. The summed E-state index contributed by atoms with van der Waals surface area (Å²) in [7, 11) is 0. The number of carboxylic acid groups (broad SMARTS) is 1. The second-order valence-electron chi connectivity index (χ2n) is 24.5. The number of rotatable bonds is 18. The fourth-order valence-electron chi connectivity index (χ4n) is 14.8. The third-order valence-corrected chi connectivity index (χ3v) is 19.3. The molecule has 15 nitrogen and oxygen atoms in total. The molecule has 0 spiro atoms. The number of benzene rings is 3. The largest absolute Gasteiger partial charge is 0.508 e. The number of phenols is 1. The third kappa shape index (κ3) is 10.2. The minimum atomic E-state index is -1.16. The van der Waals surface area contributed by atoms with Gasteiger partial charge >= 0.3 is 5.97 Å². The number of aromatic carboxylic acids is 1. The van der Waals surface area contributed by atoms with Gasteiger partial charge in [0.25, 0.3) is 0 Å². The molecule has 2 aromatic rings. The maximum absolute atomic E-state index is 14.9. The van der Waals surface area contributed by atoms with Crippen molar-refractivity contribution < 1.29 is 48.0 Å². The highest BCUT2D eigenvalue weighted by atomic mass is 32.1. The highest BCUT2D eigenvalue weighted by Crippen LogP contribution is 2.74. The standard InChI is InChI=1S/C62H74N4O11S/c1-57(2)18-20-62(21-19-61(7)52(45(62)35-57)46(69)33-50-59(5)34-37(36-63)53(70)58(3,4)49(59)16-17-60(50,61)6)55(73)64-22-8-24-74-26-28-76-29-27-75-25-9-23-65-56(78)66-38-10-13-41(44(30-38)54(71)72)51-42-14-11-39(67)31-47(42)77-48-32-40(68)12-15-43(48)51/h10-15,30-34,45,49,52,67H,8-9,16-29,35H2,1-7H3,(H,64,73)(H,71,72)(H2,65,66,78)/t45-,49-,52-,59-,60+,61+,62-/m0/s1. The first-order valence-electron chi connectivity index (χ1n) is 27.6. The number of fused-ring (bicyclic) bond motifs is 9. The third-order valence-electron chi connectivity index (χ3n) is 19.0. The number of nitriles is 1. The van der Waals surface area contributed by atoms with Gasteiger partial charge in [0.15, 0.2) is 22.1 Å². The van der Waals surface area contributed by atoms with Crippen LogP contribution in [-0.2, 0) is 28.6 Å². The summed E-state index contributed by atoms with van der Waals surface area (Å²) in [4.78, 5) is 67.7. The van der Waals surface area contributed by atoms with Gasteiger partial charge in [-0.25, -0.2) is 4.79 Å². The molecule has 414 valence electrons. The molecule has 7 atom stereocenters. The lowest BCUT2D eigenvalue weighted by Crippen LogP contribution is -2.66. The molecule has 3 saturated carbocycles. The van der Waals surface area contributed by atoms with Crippen LogP contribution < -0.4 is 21.4 Å². The highest BCUT2D eigenvalue weighted by Gasteiger charge is 2.71. The van der Waals surface area contributed by atoms with Crippen LogP contribution in [0.5, 0.6) is 5.75 Å². The van der Waals surface area contributed by atoms with Crippen molar-refractivity contribution in [2.75, 3.05) is 58.0 Å². The quantitative estimate of drug-likeness (QED) is 0.0355. The van der Waals surface area contributed by atoms with Crippen LogP contribution in [0.2, 0.25) is 0 Å². The van der Waals surface area contributed by atoms with Gasteiger partial charge in [-0.15, -0.1) is 0 Å². The summed E-state index contributed by atoms with van der Waals surface area (Å²) in [6.45, 7) is 18.8. The topological polar surface area (TPSA) is 227 Å². The number of nitrogens with zero attached hydrogens (tertiary/aromatic N) is 1. The fourth-order valence-corrected chi connectivity index (χ4v) is 15.1. The molecule has 1 amide bonds. The van der Waals surface area contributed by atoms with Gasteiger partial charge < -0.3 is 44.8 Å². The second-order valence-corrected chi connectivity index (χ2v) is 24.9. The molecule has 1 aliphatic heterocycles. The Morgan fingerprint density at radius 2 is 1.47 bits per heavy atom. The molecule has 2 aromatic carbocycles. The van der Waals surface area contributed by atoms with E-state index < -0.39 is 27.6 Å². The monoisotopic (exact) mass is 1080 g/mol. The normalized spacial score (nSPS) is 27.7. The molecule has 78 heavy (non-hydrogen) atoms. The van der Waals surface area contributed by atoms with Gasteiger partial charge in [-0.3, -0.25) is 19.2 Å². The summed E-state index contributed by atoms with van der Waals surface area (Å²) in [6, 6.07) is 16.0. The van der Waals surface area contributed by atoms with Crippen molar-refractivity contribution in [3.8, 4) is 34.3 Å². The number of carboxylic acids is 1. The van der Waals surface area contributed by atoms with Crippen molar-refractivity contribution in [3.63, 3.8) is 0 Å². The van der Waals surface area contributed by atoms with E-state index in [9.17, 15) is 39.4 Å². The molecule has 0 unspecified atom stereocenters. The van der Waals surface area contributed by atoms with Crippen molar-refractivity contribution in [3.05, 3.63) is 93.7 Å². The van der Waals surface area contributed by atoms with Gasteiger partial charge in [-0.2, -0.15) is 5.26 Å². The van der Waals surface area contributed by atoms with E-state index in [2.05, 4.69) is 56.6 Å². The number of hydrogen-bond donors (Lipinski definition) is 5. The van der Waals surface area contributed by atoms with Crippen LogP contribution in [-0.4, -0.2) is 91.5 Å². The maximum Gasteiger partial charge on any atom is 0.336 e. The molecule has 0 radical (unpaired) electrons. The Balaban J connectivity index is 0.685. The van der Waals surface area contributed by atoms with E-state index in [1.807, 2.05) is 26.0 Å². The lowest BCUT2D eigenvalue weighted by atomic mass is 9.34. The Morgan fingerprint density at radius 1 is 0.808 bits per heavy atom. The summed E-state index contributed by atoms with van der Waals surface area (Å²) in [5.74, 6) is -1.33. The Bertz CT molecular complexity index is 3190. The second kappa shape index (κ2) is 21.8. The number of phenolic OH excluding ortho intramolecular Hbond substituents is 1. The number of anilines is 1. The van der Waals surface area contributed by atoms with Crippen molar-refractivity contribution in [2.45, 2.75) is 106 Å². The molecule has 6 aliphatic carbocycles. The number of allylic oxidation sites excluding steroid dienone is 4. The molecule has 0 bridgehead atoms. The first-order valence-corrected chi connectivity index (χ1v) is 28.0. The van der Waals surface area contributed by atoms with Crippen LogP contribution in [0.15, 0.2) is 87.1 Å². The maximum atomic E-state index is 14.9. The van der Waals surface area contributed by atoms with Crippen LogP contribution in [0.1, 0.15) is 117 Å². The van der Waals surface area contributed by atoms with Gasteiger partial charge in [0, 0.05) is 77.4 Å². The van der Waals surface area contributed by atoms with E-state index in [-0.39, 0.29) is 74.1 Å². The van der Waals surface area contributed by atoms with Crippen LogP contribution >= 0.6 is 12.2 Å². The number of hydrogen-bond acceptors (Lipinski definition) is 12. The van der Waals surface area contributed by atoms with E-state index in [0.29, 0.717) is 110 Å². The van der Waals surface area contributed by atoms with Crippen molar-refractivity contribution >= 4 is 57.4 Å². The fraction of sp³-hybridized carbons (Fsp3) is 0.532. The molecule has 9 rings (SSSR count). The summed E-state index contributed by atoms with van der Waals surface area (Å²) in [5.41, 5.74) is 0.552. The number of nitrogens with one attached hydrogen (secondary N) is 3. The number of carbonyl (C=O) groups is 4. The molecular weight excluding hydrogens is 1010 g/mol. The predicted molar refractivity (Wildman–Crippen MR) is 301 cm³/mol. The van der Waals surface area contributed by atoms with Crippen LogP contribution in [0, 0.1) is 61.6 Å². The minimum Gasteiger partial charge on any atom is -0.508 e. The first kappa shape index (κ1) is 56.5. The lowest BCUT2D eigenvalue weighted by molar-refractivity contribution is -0.178. The van der Waals surface area contributed by atoms with E-state index in [1.54, 1.807) is 24.3 Å². The number of ketones is 2. The van der Waals surface area contributed by atoms with Gasteiger partial charge in [0.05, 0.1) is 43.0 Å². The first-order chi connectivity index (χ1) is 37.0. The molecular formula is C62H74N4O11S. The van der Waals surface area contributed by atoms with Gasteiger partial charge in [0.2, 0.25) is 5.91 Å². The summed E-state index contributed by atoms with van der Waals surface area (Å²) < 4.78 is 23.2. The minimum absolute atomic E-state index is 0.00446. The summed E-state index contributed by atoms with van der Waals surface area (Å²) >= 11 is 5.50. The molecule has 0 aromatic heterocycles. The van der Waals surface area contributed by atoms with Crippen LogP contribution in [0.3, 0.4) is 0 Å². The van der Waals surface area contributed by atoms with Crippen LogP contribution in [0.4, 0.5) is 5.69 Å². The van der Waals surface area contributed by atoms with E-state index in [1.165, 1.54) is 30.3 Å². The number of Topliss-reactive ketones (excluding diaryl/α,β-unsaturated/α-hetero) is 1. The Labute approximate surface area is 461 Å². The highest BCUT2D eigenvalue weighted by molar-refractivity contribution is 7.80. The summed E-state index contributed by atoms with van der Waals surface area (Å²) in [5, 5.41) is 40.9. The Hall–Kier alpha value is -6.25. The van der Waals surface area contributed by atoms with E-state index >= 15 is 0 Å². The average Bonchev–Trinajstić information content (AvgIpc) is 3.50. The molecule has 1 heterocycles.